The van der Waals surface area contributed by atoms with E-state index in [1.165, 1.54) is 0 Å². The lowest BCUT2D eigenvalue weighted by Gasteiger charge is -2.21. The predicted molar refractivity (Wildman–Crippen MR) is 132 cm³/mol. The summed E-state index contributed by atoms with van der Waals surface area (Å²) in [5.41, 5.74) is 0.922. The second kappa shape index (κ2) is 10.7. The third-order valence-electron chi connectivity index (χ3n) is 5.14. The Labute approximate surface area is 210 Å². The van der Waals surface area contributed by atoms with Gasteiger partial charge in [0.2, 0.25) is 5.88 Å². The smallest absolute Gasteiger partial charge is 0.417 e. The number of benzene rings is 2. The highest BCUT2D eigenvalue weighted by atomic mass is 79.9. The minimum absolute atomic E-state index is 0.0153. The van der Waals surface area contributed by atoms with E-state index in [2.05, 4.69) is 47.0 Å². The van der Waals surface area contributed by atoms with Crippen molar-refractivity contribution in [3.05, 3.63) is 76.4 Å². The van der Waals surface area contributed by atoms with Crippen molar-refractivity contribution in [2.24, 2.45) is 0 Å². The summed E-state index contributed by atoms with van der Waals surface area (Å²) in [6, 6.07) is 14.3. The Morgan fingerprint density at radius 3 is 2.14 bits per heavy atom. The van der Waals surface area contributed by atoms with Gasteiger partial charge >= 0.3 is 6.18 Å². The second-order valence-electron chi connectivity index (χ2n) is 8.90. The van der Waals surface area contributed by atoms with Crippen LogP contribution in [0.5, 0.6) is 17.4 Å². The monoisotopic (exact) mass is 550 g/mol. The third-order valence-corrected chi connectivity index (χ3v) is 5.80. The van der Waals surface area contributed by atoms with Crippen molar-refractivity contribution in [1.29, 1.82) is 0 Å². The van der Waals surface area contributed by atoms with E-state index in [4.69, 9.17) is 9.47 Å². The van der Waals surface area contributed by atoms with Crippen LogP contribution in [0.4, 0.5) is 18.9 Å². The summed E-state index contributed by atoms with van der Waals surface area (Å²) in [6.45, 7) is 8.19. The van der Waals surface area contributed by atoms with Gasteiger partial charge < -0.3 is 14.8 Å². The number of amides is 1. The van der Waals surface area contributed by atoms with E-state index < -0.39 is 17.8 Å². The van der Waals surface area contributed by atoms with Crippen LogP contribution in [0.15, 0.2) is 65.3 Å². The summed E-state index contributed by atoms with van der Waals surface area (Å²) in [5, 5.41) is 2.90. The Hall–Kier alpha value is -3.07. The molecular formula is C26H26BrF3N2O3. The Morgan fingerprint density at radius 2 is 1.63 bits per heavy atom. The number of alkyl halides is 3. The molecule has 5 nitrogen and oxygen atoms in total. The number of hydrogen-bond acceptors (Lipinski definition) is 4. The van der Waals surface area contributed by atoms with Crippen molar-refractivity contribution in [2.75, 3.05) is 5.32 Å². The van der Waals surface area contributed by atoms with E-state index in [0.29, 0.717) is 29.8 Å². The van der Waals surface area contributed by atoms with Gasteiger partial charge in [-0.2, -0.15) is 13.2 Å². The van der Waals surface area contributed by atoms with Crippen molar-refractivity contribution in [2.45, 2.75) is 51.8 Å². The molecule has 0 bridgehead atoms. The molecule has 1 aromatic heterocycles. The van der Waals surface area contributed by atoms with Crippen LogP contribution in [-0.2, 0) is 16.4 Å². The predicted octanol–water partition coefficient (Wildman–Crippen LogP) is 7.75. The van der Waals surface area contributed by atoms with E-state index in [1.807, 2.05) is 25.1 Å². The molecule has 1 unspecified atom stereocenters. The number of rotatable bonds is 7. The van der Waals surface area contributed by atoms with Gasteiger partial charge in [-0.1, -0.05) is 33.8 Å². The molecule has 0 spiro atoms. The molecular weight excluding hydrogens is 525 g/mol. The first-order chi connectivity index (χ1) is 16.4. The topological polar surface area (TPSA) is 60.5 Å². The van der Waals surface area contributed by atoms with Crippen LogP contribution in [0.3, 0.4) is 0 Å². The van der Waals surface area contributed by atoms with E-state index in [0.717, 1.165) is 22.2 Å². The largest absolute Gasteiger partial charge is 0.481 e. The van der Waals surface area contributed by atoms with Crippen LogP contribution < -0.4 is 14.8 Å². The summed E-state index contributed by atoms with van der Waals surface area (Å²) in [6.07, 6.45) is -4.03. The SMILES string of the molecule is CCC(Oc1ccc(Oc2ccc(C(F)(F)F)cn2)cc1)C(=O)Nc1ccc(C(C)(C)C)cc1Br. The Morgan fingerprint density at radius 1 is 1.00 bits per heavy atom. The van der Waals surface area contributed by atoms with E-state index >= 15 is 0 Å². The molecule has 0 aliphatic rings. The molecule has 0 aliphatic heterocycles. The van der Waals surface area contributed by atoms with Crippen molar-refractivity contribution in [1.82, 2.24) is 4.98 Å². The zero-order valence-electron chi connectivity index (χ0n) is 19.7. The lowest BCUT2D eigenvalue weighted by molar-refractivity contribution is -0.137. The van der Waals surface area contributed by atoms with Crippen LogP contribution in [0, 0.1) is 0 Å². The number of nitrogens with one attached hydrogen (secondary N) is 1. The van der Waals surface area contributed by atoms with Crippen LogP contribution in [0.25, 0.3) is 0 Å². The number of carbonyl (C=O) groups excluding carboxylic acids is 1. The molecule has 0 radical (unpaired) electrons. The molecule has 1 amide bonds. The normalized spacial score (nSPS) is 12.7. The zero-order chi connectivity index (χ0) is 25.8. The van der Waals surface area contributed by atoms with E-state index in [1.54, 1.807) is 24.3 Å². The average Bonchev–Trinajstić information content (AvgIpc) is 2.79. The molecule has 1 heterocycles. The molecule has 35 heavy (non-hydrogen) atoms. The molecule has 9 heteroatoms. The van der Waals surface area contributed by atoms with Gasteiger partial charge in [-0.3, -0.25) is 4.79 Å². The lowest BCUT2D eigenvalue weighted by Crippen LogP contribution is -2.32. The molecule has 0 saturated heterocycles. The van der Waals surface area contributed by atoms with E-state index in [-0.39, 0.29) is 17.2 Å². The molecule has 0 saturated carbocycles. The fraction of sp³-hybridized carbons (Fsp3) is 0.308. The molecule has 3 rings (SSSR count). The maximum Gasteiger partial charge on any atom is 0.417 e. The van der Waals surface area contributed by atoms with Crippen molar-refractivity contribution < 1.29 is 27.4 Å². The van der Waals surface area contributed by atoms with Crippen molar-refractivity contribution in [3.8, 4) is 17.4 Å². The summed E-state index contributed by atoms with van der Waals surface area (Å²) < 4.78 is 50.1. The minimum atomic E-state index is -4.46. The highest BCUT2D eigenvalue weighted by molar-refractivity contribution is 9.10. The number of carbonyl (C=O) groups is 1. The molecule has 1 N–H and O–H groups in total. The molecule has 1 atom stereocenters. The highest BCUT2D eigenvalue weighted by Gasteiger charge is 2.30. The maximum absolute atomic E-state index is 12.8. The van der Waals surface area contributed by atoms with Gasteiger partial charge in [0.1, 0.15) is 11.5 Å². The highest BCUT2D eigenvalue weighted by Crippen LogP contribution is 2.32. The molecule has 2 aromatic carbocycles. The Bertz CT molecular complexity index is 1160. The molecule has 0 aliphatic carbocycles. The number of hydrogen-bond donors (Lipinski definition) is 1. The number of halogens is 4. The van der Waals surface area contributed by atoms with Gasteiger partial charge in [0.05, 0.1) is 11.3 Å². The van der Waals surface area contributed by atoms with Crippen LogP contribution in [0.2, 0.25) is 0 Å². The number of pyridine rings is 1. The van der Waals surface area contributed by atoms with Gasteiger partial charge in [0, 0.05) is 16.7 Å². The quantitative estimate of drug-likeness (QED) is 0.326. The first kappa shape index (κ1) is 26.5. The summed E-state index contributed by atoms with van der Waals surface area (Å²) in [7, 11) is 0. The Kier molecular flexibility index (Phi) is 8.10. The van der Waals surface area contributed by atoms with Gasteiger partial charge in [-0.25, -0.2) is 4.98 Å². The Balaban J connectivity index is 1.62. The van der Waals surface area contributed by atoms with Crippen LogP contribution >= 0.6 is 15.9 Å². The zero-order valence-corrected chi connectivity index (χ0v) is 21.3. The second-order valence-corrected chi connectivity index (χ2v) is 9.76. The van der Waals surface area contributed by atoms with Crippen molar-refractivity contribution >= 4 is 27.5 Å². The van der Waals surface area contributed by atoms with Crippen LogP contribution in [-0.4, -0.2) is 17.0 Å². The summed E-state index contributed by atoms with van der Waals surface area (Å²) >= 11 is 3.52. The standard InChI is InChI=1S/C26H26BrF3N2O3/c1-5-22(24(33)32-21-12-6-16(14-20(21)27)25(2,3)4)34-18-8-10-19(11-9-18)35-23-13-7-17(15-31-23)26(28,29)30/h6-15,22H,5H2,1-4H3,(H,32,33). The van der Waals surface area contributed by atoms with Crippen LogP contribution in [0.1, 0.15) is 45.2 Å². The number of anilines is 1. The molecule has 0 fully saturated rings. The first-order valence-electron chi connectivity index (χ1n) is 11.0. The summed E-state index contributed by atoms with van der Waals surface area (Å²) in [5.74, 6) is 0.554. The third kappa shape index (κ3) is 7.21. The first-order valence-corrected chi connectivity index (χ1v) is 11.7. The van der Waals surface area contributed by atoms with E-state index in [9.17, 15) is 18.0 Å². The van der Waals surface area contributed by atoms with Gasteiger partial charge in [0.25, 0.3) is 5.91 Å². The minimum Gasteiger partial charge on any atom is -0.481 e. The lowest BCUT2D eigenvalue weighted by atomic mass is 9.87. The fourth-order valence-corrected chi connectivity index (χ4v) is 3.58. The van der Waals surface area contributed by atoms with Gasteiger partial charge in [-0.05, 0) is 75.8 Å². The number of ether oxygens (including phenoxy) is 2. The van der Waals surface area contributed by atoms with Crippen molar-refractivity contribution in [3.63, 3.8) is 0 Å². The maximum atomic E-state index is 12.8. The number of aromatic nitrogens is 1. The molecule has 186 valence electrons. The average molecular weight is 551 g/mol. The van der Waals surface area contributed by atoms with Gasteiger partial charge in [-0.15, -0.1) is 0 Å². The van der Waals surface area contributed by atoms with Gasteiger partial charge in [0.15, 0.2) is 6.10 Å². The summed E-state index contributed by atoms with van der Waals surface area (Å²) in [4.78, 5) is 16.5. The number of nitrogens with zero attached hydrogens (tertiary/aromatic N) is 1. The molecule has 3 aromatic rings. The fourth-order valence-electron chi connectivity index (χ4n) is 3.10.